The zero-order valence-electron chi connectivity index (χ0n) is 21.0. The summed E-state index contributed by atoms with van der Waals surface area (Å²) >= 11 is 0. The van der Waals surface area contributed by atoms with Gasteiger partial charge in [0.05, 0.1) is 13.7 Å². The van der Waals surface area contributed by atoms with Crippen molar-refractivity contribution in [2.75, 3.05) is 67.0 Å². The van der Waals surface area contributed by atoms with Crippen molar-refractivity contribution in [3.8, 4) is 5.75 Å². The smallest absolute Gasteiger partial charge is 0.253 e. The number of sulfonamides is 1. The Morgan fingerprint density at radius 1 is 1.06 bits per heavy atom. The molecule has 0 radical (unpaired) electrons. The molecule has 1 aromatic carbocycles. The Morgan fingerprint density at radius 3 is 2.35 bits per heavy atom. The predicted molar refractivity (Wildman–Crippen MR) is 130 cm³/mol. The van der Waals surface area contributed by atoms with E-state index in [1.165, 1.54) is 17.5 Å². The summed E-state index contributed by atoms with van der Waals surface area (Å²) in [5, 5.41) is 0. The van der Waals surface area contributed by atoms with Gasteiger partial charge in [0.1, 0.15) is 10.6 Å². The summed E-state index contributed by atoms with van der Waals surface area (Å²) in [6.07, 6.45) is 1.74. The number of nitrogens with zero attached hydrogens (tertiary/aromatic N) is 4. The van der Waals surface area contributed by atoms with Crippen LogP contribution in [0, 0.1) is 11.8 Å². The second-order valence-corrected chi connectivity index (χ2v) is 11.8. The highest BCUT2D eigenvalue weighted by molar-refractivity contribution is 7.89. The molecule has 0 N–H and O–H groups in total. The Kier molecular flexibility index (Phi) is 8.59. The third kappa shape index (κ3) is 6.09. The Morgan fingerprint density at radius 2 is 1.74 bits per heavy atom. The molecule has 2 heterocycles. The van der Waals surface area contributed by atoms with Crippen molar-refractivity contribution < 1.29 is 22.7 Å². The SMILES string of the molecule is COc1ccc(C(=O)N2CCCN(CC(=O)N(C)C)CC2)cc1S(=O)(=O)N1CC(C)CC(C)C1. The van der Waals surface area contributed by atoms with Gasteiger partial charge in [-0.25, -0.2) is 8.42 Å². The van der Waals surface area contributed by atoms with Gasteiger partial charge in [0.2, 0.25) is 15.9 Å². The summed E-state index contributed by atoms with van der Waals surface area (Å²) in [6, 6.07) is 4.65. The fraction of sp³-hybridized carbons (Fsp3) is 0.667. The molecule has 190 valence electrons. The normalized spacial score (nSPS) is 22.8. The van der Waals surface area contributed by atoms with Crippen molar-refractivity contribution in [3.05, 3.63) is 23.8 Å². The van der Waals surface area contributed by atoms with E-state index in [0.29, 0.717) is 44.8 Å². The number of carbonyl (C=O) groups excluding carboxylic acids is 2. The van der Waals surface area contributed by atoms with E-state index in [0.717, 1.165) is 19.4 Å². The molecule has 2 saturated heterocycles. The summed E-state index contributed by atoms with van der Waals surface area (Å²) in [6.45, 7) is 7.73. The van der Waals surface area contributed by atoms with E-state index in [-0.39, 0.29) is 34.3 Å². The summed E-state index contributed by atoms with van der Waals surface area (Å²) in [5.74, 6) is 0.612. The highest BCUT2D eigenvalue weighted by atomic mass is 32.2. The molecule has 0 spiro atoms. The first-order valence-corrected chi connectivity index (χ1v) is 13.4. The molecule has 10 heteroatoms. The number of benzene rings is 1. The molecule has 0 bridgehead atoms. The van der Waals surface area contributed by atoms with Crippen molar-refractivity contribution in [2.45, 2.75) is 31.6 Å². The van der Waals surface area contributed by atoms with E-state index in [2.05, 4.69) is 18.7 Å². The van der Waals surface area contributed by atoms with Crippen LogP contribution in [0.4, 0.5) is 0 Å². The standard InChI is InChI=1S/C24H38N4O5S/c1-18-13-19(2)16-28(15-18)34(31,32)22-14-20(7-8-21(22)33-5)24(30)27-10-6-9-26(11-12-27)17-23(29)25(3)4/h7-8,14,18-19H,6,9-13,15-17H2,1-5H3. The van der Waals surface area contributed by atoms with Crippen LogP contribution in [-0.2, 0) is 14.8 Å². The highest BCUT2D eigenvalue weighted by Crippen LogP contribution is 2.32. The van der Waals surface area contributed by atoms with Gasteiger partial charge in [-0.2, -0.15) is 4.31 Å². The monoisotopic (exact) mass is 494 g/mol. The number of piperidine rings is 1. The molecule has 3 rings (SSSR count). The Bertz CT molecular complexity index is 987. The molecule has 2 amide bonds. The van der Waals surface area contributed by atoms with Crippen molar-refractivity contribution in [1.29, 1.82) is 0 Å². The minimum Gasteiger partial charge on any atom is -0.495 e. The van der Waals surface area contributed by atoms with E-state index in [1.807, 2.05) is 0 Å². The average Bonchev–Trinajstić information content (AvgIpc) is 3.03. The van der Waals surface area contributed by atoms with E-state index in [4.69, 9.17) is 4.74 Å². The number of hydrogen-bond donors (Lipinski definition) is 0. The van der Waals surface area contributed by atoms with Crippen molar-refractivity contribution in [2.24, 2.45) is 11.8 Å². The first kappa shape index (κ1) is 26.4. The lowest BCUT2D eigenvalue weighted by atomic mass is 9.94. The maximum atomic E-state index is 13.5. The van der Waals surface area contributed by atoms with Gasteiger partial charge in [0, 0.05) is 58.9 Å². The van der Waals surface area contributed by atoms with Gasteiger partial charge in [-0.05, 0) is 42.9 Å². The van der Waals surface area contributed by atoms with Gasteiger partial charge in [-0.1, -0.05) is 13.8 Å². The van der Waals surface area contributed by atoms with Crippen LogP contribution < -0.4 is 4.74 Å². The van der Waals surface area contributed by atoms with Gasteiger partial charge in [-0.3, -0.25) is 14.5 Å². The molecule has 2 unspecified atom stereocenters. The Labute approximate surface area is 203 Å². The zero-order valence-corrected chi connectivity index (χ0v) is 21.8. The minimum atomic E-state index is -3.81. The highest BCUT2D eigenvalue weighted by Gasteiger charge is 2.34. The average molecular weight is 495 g/mol. The zero-order chi connectivity index (χ0) is 25.0. The third-order valence-electron chi connectivity index (χ3n) is 6.60. The Balaban J connectivity index is 1.80. The molecular weight excluding hydrogens is 456 g/mol. The topological polar surface area (TPSA) is 90.5 Å². The minimum absolute atomic E-state index is 0.0335. The largest absolute Gasteiger partial charge is 0.495 e. The lowest BCUT2D eigenvalue weighted by Crippen LogP contribution is -2.42. The van der Waals surface area contributed by atoms with Crippen molar-refractivity contribution in [1.82, 2.24) is 19.0 Å². The van der Waals surface area contributed by atoms with Crippen LogP contribution in [0.2, 0.25) is 0 Å². The number of likely N-dealkylation sites (N-methyl/N-ethyl adjacent to an activating group) is 1. The van der Waals surface area contributed by atoms with Crippen LogP contribution in [0.3, 0.4) is 0 Å². The van der Waals surface area contributed by atoms with Gasteiger partial charge in [0.25, 0.3) is 5.91 Å². The van der Waals surface area contributed by atoms with Crippen molar-refractivity contribution >= 4 is 21.8 Å². The number of rotatable bonds is 6. The van der Waals surface area contributed by atoms with Crippen LogP contribution >= 0.6 is 0 Å². The second kappa shape index (κ2) is 11.0. The number of hydrogen-bond acceptors (Lipinski definition) is 6. The molecule has 2 atom stereocenters. The first-order chi connectivity index (χ1) is 16.0. The molecule has 34 heavy (non-hydrogen) atoms. The van der Waals surface area contributed by atoms with Crippen LogP contribution in [0.25, 0.3) is 0 Å². The quantitative estimate of drug-likeness (QED) is 0.597. The maximum absolute atomic E-state index is 13.5. The summed E-state index contributed by atoms with van der Waals surface area (Å²) in [7, 11) is 1.10. The fourth-order valence-corrected chi connectivity index (χ4v) is 6.66. The maximum Gasteiger partial charge on any atom is 0.253 e. The number of methoxy groups -OCH3 is 1. The fourth-order valence-electron chi connectivity index (χ4n) is 4.80. The molecule has 0 saturated carbocycles. The van der Waals surface area contributed by atoms with Crippen LogP contribution in [0.15, 0.2) is 23.1 Å². The molecule has 2 aliphatic heterocycles. The van der Waals surface area contributed by atoms with Crippen molar-refractivity contribution in [3.63, 3.8) is 0 Å². The second-order valence-electron chi connectivity index (χ2n) is 9.84. The van der Waals surface area contributed by atoms with Gasteiger partial charge in [-0.15, -0.1) is 0 Å². The van der Waals surface area contributed by atoms with Crippen LogP contribution in [-0.4, -0.2) is 106 Å². The van der Waals surface area contributed by atoms with Crippen LogP contribution in [0.1, 0.15) is 37.0 Å². The number of carbonyl (C=O) groups is 2. The molecular formula is C24H38N4O5S. The molecule has 2 fully saturated rings. The van der Waals surface area contributed by atoms with Gasteiger partial charge in [0.15, 0.2) is 0 Å². The predicted octanol–water partition coefficient (Wildman–Crippen LogP) is 1.60. The van der Waals surface area contributed by atoms with E-state index in [9.17, 15) is 18.0 Å². The summed E-state index contributed by atoms with van der Waals surface area (Å²) < 4.78 is 34.0. The molecule has 9 nitrogen and oxygen atoms in total. The molecule has 2 aliphatic rings. The molecule has 0 aromatic heterocycles. The first-order valence-electron chi connectivity index (χ1n) is 11.9. The Hall–Kier alpha value is -2.17. The lowest BCUT2D eigenvalue weighted by Gasteiger charge is -2.34. The van der Waals surface area contributed by atoms with E-state index >= 15 is 0 Å². The molecule has 0 aliphatic carbocycles. The molecule has 1 aromatic rings. The van der Waals surface area contributed by atoms with E-state index < -0.39 is 10.0 Å². The van der Waals surface area contributed by atoms with E-state index in [1.54, 1.807) is 36.0 Å². The summed E-state index contributed by atoms with van der Waals surface area (Å²) in [5.41, 5.74) is 0.329. The van der Waals surface area contributed by atoms with Gasteiger partial charge >= 0.3 is 0 Å². The lowest BCUT2D eigenvalue weighted by molar-refractivity contribution is -0.129. The van der Waals surface area contributed by atoms with Crippen LogP contribution in [0.5, 0.6) is 5.75 Å². The number of ether oxygens (including phenoxy) is 1. The third-order valence-corrected chi connectivity index (χ3v) is 8.45. The summed E-state index contributed by atoms with van der Waals surface area (Å²) in [4.78, 5) is 30.8. The van der Waals surface area contributed by atoms with Gasteiger partial charge < -0.3 is 14.5 Å². The number of amides is 2.